The van der Waals surface area contributed by atoms with Crippen molar-refractivity contribution in [2.45, 2.75) is 45.2 Å². The number of nitrogens with two attached hydrogens (primary N) is 1. The molecule has 2 unspecified atom stereocenters. The van der Waals surface area contributed by atoms with Gasteiger partial charge in [-0.05, 0) is 45.2 Å². The first-order valence-corrected chi connectivity index (χ1v) is 6.56. The molecule has 18 heavy (non-hydrogen) atoms. The van der Waals surface area contributed by atoms with Crippen molar-refractivity contribution in [2.24, 2.45) is 0 Å². The van der Waals surface area contributed by atoms with Crippen molar-refractivity contribution >= 4 is 17.1 Å². The molecule has 1 saturated heterocycles. The Morgan fingerprint density at radius 1 is 1.28 bits per heavy atom. The van der Waals surface area contributed by atoms with Gasteiger partial charge in [0.2, 0.25) is 5.95 Å². The summed E-state index contributed by atoms with van der Waals surface area (Å²) in [5, 5.41) is 2.32. The van der Waals surface area contributed by atoms with E-state index < -0.39 is 0 Å². The van der Waals surface area contributed by atoms with Crippen molar-refractivity contribution in [3.05, 3.63) is 18.3 Å². The van der Waals surface area contributed by atoms with Crippen LogP contribution >= 0.6 is 0 Å². The monoisotopic (exact) mass is 245 g/mol. The van der Waals surface area contributed by atoms with Crippen LogP contribution in [0.3, 0.4) is 0 Å². The van der Waals surface area contributed by atoms with E-state index in [-0.39, 0.29) is 0 Å². The highest BCUT2D eigenvalue weighted by Crippen LogP contribution is 2.25. The quantitative estimate of drug-likeness (QED) is 0.833. The number of anilines is 1. The maximum atomic E-state index is 6.08. The van der Waals surface area contributed by atoms with Gasteiger partial charge < -0.3 is 10.7 Å². The molecule has 2 N–H and O–H groups in total. The predicted molar refractivity (Wildman–Crippen MR) is 72.9 cm³/mol. The summed E-state index contributed by atoms with van der Waals surface area (Å²) in [7, 11) is 0. The van der Waals surface area contributed by atoms with Crippen molar-refractivity contribution < 1.29 is 0 Å². The molecule has 0 aliphatic carbocycles. The third-order valence-electron chi connectivity index (χ3n) is 3.80. The number of aromatic nitrogens is 3. The minimum absolute atomic E-state index is 0.468. The van der Waals surface area contributed by atoms with E-state index in [2.05, 4.69) is 28.8 Å². The summed E-state index contributed by atoms with van der Waals surface area (Å²) >= 11 is 0. The van der Waals surface area contributed by atoms with Crippen molar-refractivity contribution in [2.75, 3.05) is 10.7 Å². The lowest BCUT2D eigenvalue weighted by Crippen LogP contribution is -2.51. The number of fused-ring (bicyclic) bond motifs is 1. The van der Waals surface area contributed by atoms with E-state index >= 15 is 0 Å². The zero-order chi connectivity index (χ0) is 12.7. The number of imidazole rings is 1. The topological polar surface area (TPSA) is 60.0 Å². The maximum absolute atomic E-state index is 6.08. The number of nitrogen functional groups attached to an aromatic ring is 1. The van der Waals surface area contributed by atoms with Crippen molar-refractivity contribution in [1.29, 1.82) is 0 Å². The van der Waals surface area contributed by atoms with Gasteiger partial charge in [0.25, 0.3) is 0 Å². The Morgan fingerprint density at radius 3 is 2.72 bits per heavy atom. The molecule has 2 atom stereocenters. The van der Waals surface area contributed by atoms with Crippen LogP contribution in [-0.2, 0) is 0 Å². The molecule has 5 nitrogen and oxygen atoms in total. The number of pyridine rings is 1. The molecule has 5 heteroatoms. The van der Waals surface area contributed by atoms with Crippen LogP contribution in [0.15, 0.2) is 18.3 Å². The Morgan fingerprint density at radius 2 is 2.00 bits per heavy atom. The first-order valence-electron chi connectivity index (χ1n) is 6.56. The van der Waals surface area contributed by atoms with Gasteiger partial charge >= 0.3 is 0 Å². The molecule has 96 valence electrons. The van der Waals surface area contributed by atoms with Crippen LogP contribution in [0.25, 0.3) is 11.2 Å². The number of hydrogen-bond donors (Lipinski definition) is 1. The number of piperidine rings is 1. The predicted octanol–water partition coefficient (Wildman–Crippen LogP) is 1.91. The van der Waals surface area contributed by atoms with E-state index in [1.807, 2.05) is 16.8 Å². The zero-order valence-electron chi connectivity index (χ0n) is 10.9. The van der Waals surface area contributed by atoms with Crippen LogP contribution in [0.5, 0.6) is 0 Å². The van der Waals surface area contributed by atoms with E-state index in [9.17, 15) is 0 Å². The van der Waals surface area contributed by atoms with Gasteiger partial charge in [-0.25, -0.2) is 14.6 Å². The highest BCUT2D eigenvalue weighted by atomic mass is 15.6. The van der Waals surface area contributed by atoms with Crippen LogP contribution in [-0.4, -0.2) is 26.7 Å². The molecule has 1 fully saturated rings. The van der Waals surface area contributed by atoms with Gasteiger partial charge in [0.1, 0.15) is 5.52 Å². The summed E-state index contributed by atoms with van der Waals surface area (Å²) in [6.45, 7) is 4.48. The van der Waals surface area contributed by atoms with Crippen molar-refractivity contribution in [1.82, 2.24) is 14.6 Å². The van der Waals surface area contributed by atoms with Gasteiger partial charge in [-0.1, -0.05) is 0 Å². The van der Waals surface area contributed by atoms with Crippen LogP contribution in [0.4, 0.5) is 5.95 Å². The van der Waals surface area contributed by atoms with E-state index in [0.717, 1.165) is 11.2 Å². The number of hydrogen-bond acceptors (Lipinski definition) is 4. The Hall–Kier alpha value is -1.78. The fourth-order valence-corrected chi connectivity index (χ4v) is 2.95. The van der Waals surface area contributed by atoms with Gasteiger partial charge in [-0.15, -0.1) is 0 Å². The van der Waals surface area contributed by atoms with E-state index in [1.165, 1.54) is 19.3 Å². The van der Waals surface area contributed by atoms with Gasteiger partial charge in [0.05, 0.1) is 0 Å². The smallest absolute Gasteiger partial charge is 0.222 e. The van der Waals surface area contributed by atoms with Crippen molar-refractivity contribution in [3.63, 3.8) is 0 Å². The summed E-state index contributed by atoms with van der Waals surface area (Å²) in [4.78, 5) is 8.82. The molecule has 0 saturated carbocycles. The minimum Gasteiger partial charge on any atom is -0.368 e. The molecule has 0 bridgehead atoms. The van der Waals surface area contributed by atoms with Crippen LogP contribution < -0.4 is 10.7 Å². The Bertz CT molecular complexity index is 552. The molecule has 3 heterocycles. The zero-order valence-corrected chi connectivity index (χ0v) is 10.9. The lowest BCUT2D eigenvalue weighted by molar-refractivity contribution is 0.342. The molecular formula is C13H19N5. The minimum atomic E-state index is 0.468. The molecule has 3 rings (SSSR count). The number of rotatable bonds is 1. The Labute approximate surface area is 107 Å². The first-order chi connectivity index (χ1) is 8.68. The first kappa shape index (κ1) is 11.3. The average Bonchev–Trinajstić information content (AvgIpc) is 2.66. The second-order valence-corrected chi connectivity index (χ2v) is 5.14. The summed E-state index contributed by atoms with van der Waals surface area (Å²) in [5.41, 5.74) is 7.80. The molecule has 2 aromatic heterocycles. The molecule has 2 aromatic rings. The number of nitrogens with zero attached hydrogens (tertiary/aromatic N) is 4. The van der Waals surface area contributed by atoms with Gasteiger partial charge in [-0.2, -0.15) is 0 Å². The highest BCUT2D eigenvalue weighted by molar-refractivity contribution is 5.74. The SMILES string of the molecule is CC1CCCC(C)N1n1c(N)nc2cccnc21. The summed E-state index contributed by atoms with van der Waals surface area (Å²) in [5.74, 6) is 0.532. The molecule has 0 amide bonds. The Kier molecular flexibility index (Phi) is 2.61. The lowest BCUT2D eigenvalue weighted by Gasteiger charge is -2.41. The fourth-order valence-electron chi connectivity index (χ4n) is 2.95. The highest BCUT2D eigenvalue weighted by Gasteiger charge is 2.28. The molecule has 1 aliphatic heterocycles. The van der Waals surface area contributed by atoms with Crippen LogP contribution in [0, 0.1) is 0 Å². The molecule has 0 spiro atoms. The average molecular weight is 245 g/mol. The molecule has 0 aromatic carbocycles. The van der Waals surface area contributed by atoms with Crippen molar-refractivity contribution in [3.8, 4) is 0 Å². The van der Waals surface area contributed by atoms with E-state index in [4.69, 9.17) is 5.73 Å². The normalized spacial score (nSPS) is 24.7. The van der Waals surface area contributed by atoms with Gasteiger partial charge in [0, 0.05) is 18.3 Å². The van der Waals surface area contributed by atoms with Crippen LogP contribution in [0.2, 0.25) is 0 Å². The van der Waals surface area contributed by atoms with E-state index in [1.54, 1.807) is 6.20 Å². The maximum Gasteiger partial charge on any atom is 0.222 e. The summed E-state index contributed by atoms with van der Waals surface area (Å²) in [6.07, 6.45) is 5.45. The molecule has 1 aliphatic rings. The summed E-state index contributed by atoms with van der Waals surface area (Å²) in [6, 6.07) is 4.78. The van der Waals surface area contributed by atoms with Crippen LogP contribution in [0.1, 0.15) is 33.1 Å². The third kappa shape index (κ3) is 1.62. The fraction of sp³-hybridized carbons (Fsp3) is 0.538. The van der Waals surface area contributed by atoms with E-state index in [0.29, 0.717) is 18.0 Å². The second-order valence-electron chi connectivity index (χ2n) is 5.14. The van der Waals surface area contributed by atoms with Gasteiger partial charge in [-0.3, -0.25) is 0 Å². The standard InChI is InChI=1S/C13H19N5/c1-9-5-3-6-10(2)17(9)18-12-11(16-13(18)14)7-4-8-15-12/h4,7-10H,3,5-6H2,1-2H3,(H2,14,16). The molecule has 0 radical (unpaired) electrons. The Balaban J connectivity index is 2.15. The third-order valence-corrected chi connectivity index (χ3v) is 3.80. The lowest BCUT2D eigenvalue weighted by atomic mass is 10.00. The second kappa shape index (κ2) is 4.15. The largest absolute Gasteiger partial charge is 0.368 e. The summed E-state index contributed by atoms with van der Waals surface area (Å²) < 4.78 is 1.99. The molecular weight excluding hydrogens is 226 g/mol. The van der Waals surface area contributed by atoms with Gasteiger partial charge in [0.15, 0.2) is 5.65 Å².